The molecule has 1 aliphatic heterocycles. The number of carbonyl (C=O) groups is 1. The number of esters is 1. The zero-order chi connectivity index (χ0) is 14.6. The van der Waals surface area contributed by atoms with Crippen molar-refractivity contribution in [2.75, 3.05) is 0 Å². The summed E-state index contributed by atoms with van der Waals surface area (Å²) in [5.41, 5.74) is 0. The maximum absolute atomic E-state index is 11.7. The van der Waals surface area contributed by atoms with E-state index in [1.165, 1.54) is 32.1 Å². The van der Waals surface area contributed by atoms with Crippen LogP contribution in [-0.4, -0.2) is 11.8 Å². The van der Waals surface area contributed by atoms with Crippen LogP contribution < -0.4 is 0 Å². The summed E-state index contributed by atoms with van der Waals surface area (Å²) >= 11 is 0. The van der Waals surface area contributed by atoms with Crippen molar-refractivity contribution in [1.82, 2.24) is 0 Å². The maximum Gasteiger partial charge on any atom is 0.337 e. The van der Waals surface area contributed by atoms with Crippen molar-refractivity contribution >= 4 is 5.97 Å². The number of carbonyl (C=O) groups excluding carboxylic acids is 1. The predicted octanol–water partition coefficient (Wildman–Crippen LogP) is 4.57. The van der Waals surface area contributed by atoms with E-state index in [9.17, 15) is 4.79 Å². The fourth-order valence-electron chi connectivity index (χ4n) is 3.47. The topological polar surface area (TPSA) is 35.5 Å². The van der Waals surface area contributed by atoms with Gasteiger partial charge in [-0.15, -0.1) is 0 Å². The molecule has 3 heteroatoms. The molecule has 2 rings (SSSR count). The lowest BCUT2D eigenvalue weighted by Crippen LogP contribution is -2.36. The van der Waals surface area contributed by atoms with Gasteiger partial charge in [0.15, 0.2) is 0 Å². The van der Waals surface area contributed by atoms with Crippen LogP contribution in [0.3, 0.4) is 0 Å². The first kappa shape index (κ1) is 15.4. The summed E-state index contributed by atoms with van der Waals surface area (Å²) < 4.78 is 11.1. The van der Waals surface area contributed by atoms with Gasteiger partial charge in [0.25, 0.3) is 0 Å². The van der Waals surface area contributed by atoms with E-state index >= 15 is 0 Å². The molecule has 0 saturated heterocycles. The van der Waals surface area contributed by atoms with Gasteiger partial charge in [0.05, 0.1) is 6.08 Å². The molecule has 3 nitrogen and oxygen atoms in total. The lowest BCUT2D eigenvalue weighted by atomic mass is 9.80. The summed E-state index contributed by atoms with van der Waals surface area (Å²) in [5.74, 6) is 0.931. The molecule has 1 saturated carbocycles. The molecular weight excluding hydrogens is 252 g/mol. The second-order valence-corrected chi connectivity index (χ2v) is 6.70. The molecule has 0 aromatic carbocycles. The Morgan fingerprint density at radius 2 is 1.95 bits per heavy atom. The molecule has 0 amide bonds. The van der Waals surface area contributed by atoms with E-state index in [4.69, 9.17) is 9.47 Å². The van der Waals surface area contributed by atoms with E-state index in [-0.39, 0.29) is 5.97 Å². The summed E-state index contributed by atoms with van der Waals surface area (Å²) in [7, 11) is 0. The third-order valence-corrected chi connectivity index (χ3v) is 4.35. The minimum atomic E-state index is -0.820. The molecule has 0 N–H and O–H groups in total. The third-order valence-electron chi connectivity index (χ3n) is 4.35. The number of ether oxygens (including phenoxy) is 2. The average molecular weight is 280 g/mol. The summed E-state index contributed by atoms with van der Waals surface area (Å²) in [4.78, 5) is 11.7. The Labute approximate surface area is 122 Å². The van der Waals surface area contributed by atoms with E-state index in [2.05, 4.69) is 6.92 Å². The van der Waals surface area contributed by atoms with Crippen LogP contribution in [0.1, 0.15) is 72.1 Å². The standard InChI is InChI=1S/C17H28O3/c1-4-8-14(11-13-9-6-5-7-10-13)15-12-16(18)20-17(2,3)19-15/h12-14H,4-11H2,1-3H3/t14-/m0/s1. The van der Waals surface area contributed by atoms with Crippen LogP contribution in [0.15, 0.2) is 11.8 Å². The molecule has 1 atom stereocenters. The Bertz CT molecular complexity index is 364. The molecule has 0 unspecified atom stereocenters. The van der Waals surface area contributed by atoms with E-state index < -0.39 is 5.79 Å². The Morgan fingerprint density at radius 3 is 2.55 bits per heavy atom. The molecule has 0 spiro atoms. The molecule has 2 aliphatic rings. The number of hydrogen-bond acceptors (Lipinski definition) is 3. The fourth-order valence-corrected chi connectivity index (χ4v) is 3.47. The van der Waals surface area contributed by atoms with Crippen LogP contribution >= 0.6 is 0 Å². The van der Waals surface area contributed by atoms with Gasteiger partial charge in [-0.1, -0.05) is 45.4 Å². The smallest absolute Gasteiger partial charge is 0.337 e. The first-order valence-corrected chi connectivity index (χ1v) is 8.13. The van der Waals surface area contributed by atoms with Crippen molar-refractivity contribution in [2.24, 2.45) is 11.8 Å². The first-order chi connectivity index (χ1) is 9.50. The molecule has 0 radical (unpaired) electrons. The maximum atomic E-state index is 11.7. The SMILES string of the molecule is CCC[C@@H](CC1CCCCC1)C1=CC(=O)OC(C)(C)O1. The second-order valence-electron chi connectivity index (χ2n) is 6.70. The molecular formula is C17H28O3. The van der Waals surface area contributed by atoms with Crippen LogP contribution in [-0.2, 0) is 14.3 Å². The Kier molecular flexibility index (Phi) is 5.11. The molecule has 1 heterocycles. The Balaban J connectivity index is 2.05. The molecule has 114 valence electrons. The van der Waals surface area contributed by atoms with Crippen molar-refractivity contribution in [3.8, 4) is 0 Å². The van der Waals surface area contributed by atoms with Gasteiger partial charge in [-0.3, -0.25) is 0 Å². The second kappa shape index (κ2) is 6.64. The predicted molar refractivity (Wildman–Crippen MR) is 78.9 cm³/mol. The first-order valence-electron chi connectivity index (χ1n) is 8.13. The third kappa shape index (κ3) is 4.26. The minimum absolute atomic E-state index is 0.263. The van der Waals surface area contributed by atoms with Gasteiger partial charge in [-0.25, -0.2) is 4.79 Å². The van der Waals surface area contributed by atoms with Crippen molar-refractivity contribution in [3.05, 3.63) is 11.8 Å². The highest BCUT2D eigenvalue weighted by Gasteiger charge is 2.34. The van der Waals surface area contributed by atoms with Crippen molar-refractivity contribution < 1.29 is 14.3 Å². The summed E-state index contributed by atoms with van der Waals surface area (Å²) in [6.07, 6.45) is 11.7. The summed E-state index contributed by atoms with van der Waals surface area (Å²) in [6, 6.07) is 0. The lowest BCUT2D eigenvalue weighted by Gasteiger charge is -2.35. The Hall–Kier alpha value is -0.990. The molecule has 1 aliphatic carbocycles. The quantitative estimate of drug-likeness (QED) is 0.692. The summed E-state index contributed by atoms with van der Waals surface area (Å²) in [5, 5.41) is 0. The molecule has 0 bridgehead atoms. The number of hydrogen-bond donors (Lipinski definition) is 0. The van der Waals surface area contributed by atoms with E-state index in [0.717, 1.165) is 30.9 Å². The van der Waals surface area contributed by atoms with Gasteiger partial charge in [-0.05, 0) is 18.8 Å². The van der Waals surface area contributed by atoms with Crippen molar-refractivity contribution in [1.29, 1.82) is 0 Å². The minimum Gasteiger partial charge on any atom is -0.457 e. The van der Waals surface area contributed by atoms with E-state index in [1.807, 2.05) is 13.8 Å². The van der Waals surface area contributed by atoms with Gasteiger partial charge >= 0.3 is 5.97 Å². The van der Waals surface area contributed by atoms with Crippen LogP contribution in [0.5, 0.6) is 0 Å². The highest BCUT2D eigenvalue weighted by Crippen LogP contribution is 2.36. The highest BCUT2D eigenvalue weighted by molar-refractivity contribution is 5.83. The van der Waals surface area contributed by atoms with Gasteiger partial charge in [0.2, 0.25) is 5.79 Å². The Morgan fingerprint density at radius 1 is 1.25 bits per heavy atom. The molecule has 20 heavy (non-hydrogen) atoms. The molecule has 1 fully saturated rings. The monoisotopic (exact) mass is 280 g/mol. The fraction of sp³-hybridized carbons (Fsp3) is 0.824. The molecule has 0 aromatic heterocycles. The zero-order valence-electron chi connectivity index (χ0n) is 13.1. The van der Waals surface area contributed by atoms with Gasteiger partial charge in [0, 0.05) is 19.8 Å². The van der Waals surface area contributed by atoms with Crippen molar-refractivity contribution in [3.63, 3.8) is 0 Å². The number of cyclic esters (lactones) is 1. The van der Waals surface area contributed by atoms with Crippen LogP contribution in [0.25, 0.3) is 0 Å². The van der Waals surface area contributed by atoms with E-state index in [1.54, 1.807) is 6.08 Å². The van der Waals surface area contributed by atoms with Gasteiger partial charge in [0.1, 0.15) is 5.76 Å². The van der Waals surface area contributed by atoms with Crippen LogP contribution in [0.2, 0.25) is 0 Å². The lowest BCUT2D eigenvalue weighted by molar-refractivity contribution is -0.208. The van der Waals surface area contributed by atoms with Gasteiger partial charge < -0.3 is 9.47 Å². The molecule has 0 aromatic rings. The zero-order valence-corrected chi connectivity index (χ0v) is 13.1. The van der Waals surface area contributed by atoms with Crippen molar-refractivity contribution in [2.45, 2.75) is 77.9 Å². The van der Waals surface area contributed by atoms with Crippen LogP contribution in [0.4, 0.5) is 0 Å². The largest absolute Gasteiger partial charge is 0.457 e. The van der Waals surface area contributed by atoms with E-state index in [0.29, 0.717) is 5.92 Å². The normalized spacial score (nSPS) is 24.6. The number of allylic oxidation sites excluding steroid dienone is 1. The number of rotatable bonds is 5. The van der Waals surface area contributed by atoms with Crippen LogP contribution in [0, 0.1) is 11.8 Å². The summed E-state index contributed by atoms with van der Waals surface area (Å²) in [6.45, 7) is 5.81. The van der Waals surface area contributed by atoms with Gasteiger partial charge in [-0.2, -0.15) is 0 Å². The average Bonchev–Trinajstić information content (AvgIpc) is 2.37. The highest BCUT2D eigenvalue weighted by atomic mass is 16.7.